The van der Waals surface area contributed by atoms with E-state index in [1.165, 1.54) is 17.0 Å². The summed E-state index contributed by atoms with van der Waals surface area (Å²) in [4.78, 5) is 18.4. The van der Waals surface area contributed by atoms with Crippen molar-refractivity contribution >= 4 is 5.91 Å². The number of carbonyl (C=O) groups excluding carboxylic acids is 1. The number of alkyl halides is 3. The molecule has 1 unspecified atom stereocenters. The van der Waals surface area contributed by atoms with Gasteiger partial charge in [-0.25, -0.2) is 0 Å². The van der Waals surface area contributed by atoms with Gasteiger partial charge in [-0.3, -0.25) is 9.78 Å². The predicted octanol–water partition coefficient (Wildman–Crippen LogP) is 4.01. The van der Waals surface area contributed by atoms with Crippen molar-refractivity contribution in [2.45, 2.75) is 25.2 Å². The van der Waals surface area contributed by atoms with E-state index in [4.69, 9.17) is 4.42 Å². The first-order chi connectivity index (χ1) is 13.9. The normalized spacial score (nSPS) is 16.8. The Kier molecular flexibility index (Phi) is 4.91. The lowest BCUT2D eigenvalue weighted by molar-refractivity contribution is -0.274. The van der Waals surface area contributed by atoms with Gasteiger partial charge in [0.05, 0.1) is 5.56 Å². The largest absolute Gasteiger partial charge is 0.573 e. The Morgan fingerprint density at radius 3 is 2.83 bits per heavy atom. The predicted molar refractivity (Wildman–Crippen MR) is 93.7 cm³/mol. The van der Waals surface area contributed by atoms with Crippen LogP contribution in [0.4, 0.5) is 13.2 Å². The minimum atomic E-state index is -4.83. The fourth-order valence-corrected chi connectivity index (χ4v) is 3.23. The molecule has 7 nitrogen and oxygen atoms in total. The first kappa shape index (κ1) is 18.9. The molecular weight excluding hydrogens is 389 g/mol. The van der Waals surface area contributed by atoms with E-state index in [1.54, 1.807) is 24.5 Å². The highest BCUT2D eigenvalue weighted by atomic mass is 19.4. The van der Waals surface area contributed by atoms with Crippen LogP contribution in [0, 0.1) is 0 Å². The minimum Gasteiger partial charge on any atom is -0.418 e. The molecule has 1 atom stereocenters. The van der Waals surface area contributed by atoms with Crippen molar-refractivity contribution in [1.82, 2.24) is 20.1 Å². The summed E-state index contributed by atoms with van der Waals surface area (Å²) in [6.45, 7) is 0.429. The molecule has 4 rings (SSSR count). The van der Waals surface area contributed by atoms with Gasteiger partial charge in [-0.1, -0.05) is 6.07 Å². The zero-order chi connectivity index (χ0) is 20.4. The fraction of sp³-hybridized carbons (Fsp3) is 0.263. The second-order valence-electron chi connectivity index (χ2n) is 6.42. The van der Waals surface area contributed by atoms with Gasteiger partial charge in [0.2, 0.25) is 11.8 Å². The Bertz CT molecular complexity index is 1010. The third kappa shape index (κ3) is 4.20. The summed E-state index contributed by atoms with van der Waals surface area (Å²) in [5, 5.41) is 8.07. The Morgan fingerprint density at radius 1 is 1.21 bits per heavy atom. The molecule has 0 aliphatic carbocycles. The smallest absolute Gasteiger partial charge is 0.418 e. The number of amides is 1. The summed E-state index contributed by atoms with van der Waals surface area (Å²) < 4.78 is 47.0. The Balaban J connectivity index is 1.55. The molecule has 0 radical (unpaired) electrons. The molecule has 0 saturated carbocycles. The maximum absolute atomic E-state index is 12.9. The molecule has 1 aromatic carbocycles. The Morgan fingerprint density at radius 2 is 2.07 bits per heavy atom. The van der Waals surface area contributed by atoms with Gasteiger partial charge in [-0.05, 0) is 43.2 Å². The summed E-state index contributed by atoms with van der Waals surface area (Å²) in [6.07, 6.45) is -0.307. The van der Waals surface area contributed by atoms with Gasteiger partial charge in [-0.2, -0.15) is 0 Å². The number of likely N-dealkylation sites (tertiary alicyclic amines) is 1. The van der Waals surface area contributed by atoms with Crippen molar-refractivity contribution in [2.75, 3.05) is 6.54 Å². The molecule has 3 aromatic rings. The van der Waals surface area contributed by atoms with Crippen LogP contribution in [-0.4, -0.2) is 38.9 Å². The maximum Gasteiger partial charge on any atom is 0.573 e. The number of hydrogen-bond donors (Lipinski definition) is 0. The van der Waals surface area contributed by atoms with Crippen LogP contribution in [0.15, 0.2) is 53.2 Å². The van der Waals surface area contributed by atoms with Crippen LogP contribution in [0.1, 0.15) is 35.1 Å². The van der Waals surface area contributed by atoms with E-state index in [1.807, 2.05) is 0 Å². The van der Waals surface area contributed by atoms with Crippen molar-refractivity contribution < 1.29 is 27.1 Å². The van der Waals surface area contributed by atoms with E-state index in [9.17, 15) is 18.0 Å². The number of hydrogen-bond acceptors (Lipinski definition) is 6. The number of aromatic nitrogens is 3. The lowest BCUT2D eigenvalue weighted by atomic mass is 10.1. The first-order valence-corrected chi connectivity index (χ1v) is 8.81. The molecule has 3 heterocycles. The molecule has 1 saturated heterocycles. The Labute approximate surface area is 163 Å². The summed E-state index contributed by atoms with van der Waals surface area (Å²) in [5.41, 5.74) is 0.741. The van der Waals surface area contributed by atoms with Crippen LogP contribution in [-0.2, 0) is 0 Å². The average molecular weight is 404 g/mol. The summed E-state index contributed by atoms with van der Waals surface area (Å²) in [7, 11) is 0. The molecule has 1 fully saturated rings. The molecule has 1 aliphatic heterocycles. The lowest BCUT2D eigenvalue weighted by Gasteiger charge is -2.22. The van der Waals surface area contributed by atoms with E-state index in [0.29, 0.717) is 24.9 Å². The van der Waals surface area contributed by atoms with Crippen molar-refractivity contribution in [2.24, 2.45) is 0 Å². The Hall–Kier alpha value is -3.43. The van der Waals surface area contributed by atoms with Crippen molar-refractivity contribution in [3.63, 3.8) is 0 Å². The number of ether oxygens (including phenoxy) is 1. The third-order valence-electron chi connectivity index (χ3n) is 4.46. The van der Waals surface area contributed by atoms with Crippen LogP contribution in [0.3, 0.4) is 0 Å². The molecular formula is C19H15F3N4O3. The highest BCUT2D eigenvalue weighted by Gasteiger charge is 2.35. The second-order valence-corrected chi connectivity index (χ2v) is 6.42. The fourth-order valence-electron chi connectivity index (χ4n) is 3.23. The number of pyridine rings is 1. The van der Waals surface area contributed by atoms with Crippen molar-refractivity contribution in [1.29, 1.82) is 0 Å². The number of carbonyl (C=O) groups is 1. The highest BCUT2D eigenvalue weighted by molar-refractivity contribution is 5.95. The van der Waals surface area contributed by atoms with Gasteiger partial charge in [0.1, 0.15) is 11.8 Å². The van der Waals surface area contributed by atoms with Crippen LogP contribution >= 0.6 is 0 Å². The van der Waals surface area contributed by atoms with Crippen LogP contribution in [0.5, 0.6) is 5.75 Å². The van der Waals surface area contributed by atoms with Crippen LogP contribution in [0.25, 0.3) is 11.5 Å². The molecule has 1 amide bonds. The van der Waals surface area contributed by atoms with E-state index in [-0.39, 0.29) is 17.3 Å². The molecule has 2 aromatic heterocycles. The number of halogens is 3. The average Bonchev–Trinajstić information content (AvgIpc) is 3.36. The van der Waals surface area contributed by atoms with Crippen molar-refractivity contribution in [3.8, 4) is 17.2 Å². The highest BCUT2D eigenvalue weighted by Crippen LogP contribution is 2.34. The van der Waals surface area contributed by atoms with Gasteiger partial charge < -0.3 is 14.1 Å². The van der Waals surface area contributed by atoms with E-state index >= 15 is 0 Å². The van der Waals surface area contributed by atoms with Gasteiger partial charge in [-0.15, -0.1) is 23.4 Å². The quantitative estimate of drug-likeness (QED) is 0.654. The SMILES string of the molecule is O=C(c1cccc(OC(F)(F)F)c1)N1CCCC1c1nnc(-c2cccnc2)o1. The standard InChI is InChI=1S/C19H15F3N4O3/c20-19(21,22)29-14-6-1-4-12(10-14)18(27)26-9-3-7-15(26)17-25-24-16(28-17)13-5-2-8-23-11-13/h1-2,4-6,8,10-11,15H,3,7,9H2. The zero-order valence-corrected chi connectivity index (χ0v) is 15.0. The molecule has 29 heavy (non-hydrogen) atoms. The van der Waals surface area contributed by atoms with Gasteiger partial charge in [0.15, 0.2) is 0 Å². The van der Waals surface area contributed by atoms with Gasteiger partial charge in [0, 0.05) is 24.5 Å². The lowest BCUT2D eigenvalue weighted by Crippen LogP contribution is -2.30. The number of rotatable bonds is 4. The molecule has 0 bridgehead atoms. The number of benzene rings is 1. The topological polar surface area (TPSA) is 81.4 Å². The van der Waals surface area contributed by atoms with Crippen LogP contribution < -0.4 is 4.74 Å². The summed E-state index contributed by atoms with van der Waals surface area (Å²) >= 11 is 0. The summed E-state index contributed by atoms with van der Waals surface area (Å²) in [6, 6.07) is 8.05. The van der Waals surface area contributed by atoms with E-state index in [2.05, 4.69) is 19.9 Å². The minimum absolute atomic E-state index is 0.0886. The molecule has 0 spiro atoms. The molecule has 1 aliphatic rings. The zero-order valence-electron chi connectivity index (χ0n) is 15.0. The number of nitrogens with zero attached hydrogens (tertiary/aromatic N) is 4. The van der Waals surface area contributed by atoms with Gasteiger partial charge >= 0.3 is 6.36 Å². The van der Waals surface area contributed by atoms with E-state index < -0.39 is 24.1 Å². The third-order valence-corrected chi connectivity index (χ3v) is 4.46. The maximum atomic E-state index is 12.9. The molecule has 10 heteroatoms. The van der Waals surface area contributed by atoms with E-state index in [0.717, 1.165) is 12.1 Å². The van der Waals surface area contributed by atoms with Crippen LogP contribution in [0.2, 0.25) is 0 Å². The van der Waals surface area contributed by atoms with Crippen molar-refractivity contribution in [3.05, 3.63) is 60.2 Å². The summed E-state index contributed by atoms with van der Waals surface area (Å²) in [5.74, 6) is -0.317. The molecule has 150 valence electrons. The monoisotopic (exact) mass is 404 g/mol. The first-order valence-electron chi connectivity index (χ1n) is 8.81. The van der Waals surface area contributed by atoms with Gasteiger partial charge in [0.25, 0.3) is 5.91 Å². The second kappa shape index (κ2) is 7.53. The molecule has 0 N–H and O–H groups in total.